The summed E-state index contributed by atoms with van der Waals surface area (Å²) in [7, 11) is 2.01. The molecule has 1 aliphatic heterocycles. The zero-order chi connectivity index (χ0) is 16.9. The van der Waals surface area contributed by atoms with Crippen molar-refractivity contribution in [3.8, 4) is 11.5 Å². The smallest absolute Gasteiger partial charge is 0.305 e. The highest BCUT2D eigenvalue weighted by Crippen LogP contribution is 2.30. The van der Waals surface area contributed by atoms with Gasteiger partial charge in [-0.2, -0.15) is 5.10 Å². The van der Waals surface area contributed by atoms with Crippen molar-refractivity contribution >= 4 is 5.97 Å². The summed E-state index contributed by atoms with van der Waals surface area (Å²) in [6.07, 6.45) is 3.70. The largest absolute Gasteiger partial charge is 0.486 e. The third-order valence-corrected chi connectivity index (χ3v) is 3.78. The second-order valence-corrected chi connectivity index (χ2v) is 5.95. The molecule has 0 unspecified atom stereocenters. The minimum Gasteiger partial charge on any atom is -0.486 e. The number of fused-ring (bicyclic) bond motifs is 1. The molecule has 0 amide bonds. The molecule has 0 saturated carbocycles. The topological polar surface area (TPSA) is 76.8 Å². The standard InChI is InChI=1S/C17H21N3O4/c1-19(9-13-8-18-20(10-13)7-6-17(21)22)11-14-12-23-15-4-2-3-5-16(15)24-14/h2-5,8,10,14H,6-7,9,11-12H2,1H3,(H,21,22)/t14-/m1/s1. The fourth-order valence-corrected chi connectivity index (χ4v) is 2.70. The molecular formula is C17H21N3O4. The van der Waals surface area contributed by atoms with Gasteiger partial charge in [0.15, 0.2) is 11.5 Å². The van der Waals surface area contributed by atoms with Crippen molar-refractivity contribution in [3.05, 3.63) is 42.2 Å². The fourth-order valence-electron chi connectivity index (χ4n) is 2.70. The van der Waals surface area contributed by atoms with Gasteiger partial charge in [-0.25, -0.2) is 0 Å². The fraction of sp³-hybridized carbons (Fsp3) is 0.412. The Labute approximate surface area is 140 Å². The van der Waals surface area contributed by atoms with Crippen molar-refractivity contribution in [2.45, 2.75) is 25.6 Å². The molecular weight excluding hydrogens is 310 g/mol. The molecule has 0 spiro atoms. The van der Waals surface area contributed by atoms with Gasteiger partial charge in [0, 0.05) is 24.8 Å². The zero-order valence-electron chi connectivity index (χ0n) is 13.6. The van der Waals surface area contributed by atoms with Gasteiger partial charge in [-0.1, -0.05) is 12.1 Å². The number of nitrogens with zero attached hydrogens (tertiary/aromatic N) is 3. The molecule has 1 aliphatic rings. The predicted molar refractivity (Wildman–Crippen MR) is 87.2 cm³/mol. The summed E-state index contributed by atoms with van der Waals surface area (Å²) in [6.45, 7) is 2.36. The Bertz CT molecular complexity index is 701. The molecule has 1 N–H and O–H groups in total. The molecule has 1 aromatic carbocycles. The molecule has 7 heteroatoms. The summed E-state index contributed by atoms with van der Waals surface area (Å²) in [4.78, 5) is 12.7. The molecule has 0 aliphatic carbocycles. The Morgan fingerprint density at radius 3 is 3.00 bits per heavy atom. The van der Waals surface area contributed by atoms with Crippen molar-refractivity contribution in [2.75, 3.05) is 20.2 Å². The lowest BCUT2D eigenvalue weighted by Crippen LogP contribution is -2.39. The van der Waals surface area contributed by atoms with Gasteiger partial charge in [-0.3, -0.25) is 14.4 Å². The number of para-hydroxylation sites is 2. The van der Waals surface area contributed by atoms with Crippen LogP contribution in [0, 0.1) is 0 Å². The number of rotatable bonds is 7. The Balaban J connectivity index is 1.49. The van der Waals surface area contributed by atoms with E-state index in [-0.39, 0.29) is 12.5 Å². The van der Waals surface area contributed by atoms with Crippen molar-refractivity contribution in [3.63, 3.8) is 0 Å². The molecule has 2 aromatic rings. The Hall–Kier alpha value is -2.54. The van der Waals surface area contributed by atoms with Crippen LogP contribution < -0.4 is 9.47 Å². The summed E-state index contributed by atoms with van der Waals surface area (Å²) >= 11 is 0. The number of carboxylic acids is 1. The second-order valence-electron chi connectivity index (χ2n) is 5.95. The number of hydrogen-bond acceptors (Lipinski definition) is 5. The van der Waals surface area contributed by atoms with E-state index >= 15 is 0 Å². The monoisotopic (exact) mass is 331 g/mol. The maximum absolute atomic E-state index is 10.6. The highest BCUT2D eigenvalue weighted by molar-refractivity contribution is 5.66. The number of aromatic nitrogens is 2. The summed E-state index contributed by atoms with van der Waals surface area (Å²) in [5.74, 6) is 0.749. The molecule has 128 valence electrons. The summed E-state index contributed by atoms with van der Waals surface area (Å²) in [5, 5.41) is 12.9. The SMILES string of the molecule is CN(Cc1cnn(CCC(=O)O)c1)C[C@@H]1COc2ccccc2O1. The zero-order valence-corrected chi connectivity index (χ0v) is 13.6. The lowest BCUT2D eigenvalue weighted by Gasteiger charge is -2.29. The van der Waals surface area contributed by atoms with Gasteiger partial charge in [-0.05, 0) is 19.2 Å². The van der Waals surface area contributed by atoms with E-state index in [2.05, 4.69) is 10.00 Å². The van der Waals surface area contributed by atoms with Gasteiger partial charge in [0.2, 0.25) is 0 Å². The number of aliphatic carboxylic acids is 1. The number of ether oxygens (including phenoxy) is 2. The van der Waals surface area contributed by atoms with E-state index in [1.165, 1.54) is 0 Å². The highest BCUT2D eigenvalue weighted by atomic mass is 16.6. The Morgan fingerprint density at radius 2 is 2.21 bits per heavy atom. The van der Waals surface area contributed by atoms with Gasteiger partial charge < -0.3 is 14.6 Å². The third kappa shape index (κ3) is 4.26. The van der Waals surface area contributed by atoms with Crippen LogP contribution in [0.3, 0.4) is 0 Å². The maximum Gasteiger partial charge on any atom is 0.305 e. The average molecular weight is 331 g/mol. The number of benzene rings is 1. The van der Waals surface area contributed by atoms with Crippen LogP contribution in [0.25, 0.3) is 0 Å². The quantitative estimate of drug-likeness (QED) is 0.831. The van der Waals surface area contributed by atoms with E-state index in [0.717, 1.165) is 23.6 Å². The molecule has 1 aromatic heterocycles. The predicted octanol–water partition coefficient (Wildman–Crippen LogP) is 1.63. The number of carboxylic acid groups (broad SMARTS) is 1. The molecule has 24 heavy (non-hydrogen) atoms. The van der Waals surface area contributed by atoms with Crippen molar-refractivity contribution < 1.29 is 19.4 Å². The number of carbonyl (C=O) groups is 1. The first kappa shape index (κ1) is 16.3. The van der Waals surface area contributed by atoms with Crippen molar-refractivity contribution in [2.24, 2.45) is 0 Å². The van der Waals surface area contributed by atoms with Crippen LogP contribution in [0.2, 0.25) is 0 Å². The molecule has 0 fully saturated rings. The number of aryl methyl sites for hydroxylation is 1. The number of hydrogen-bond donors (Lipinski definition) is 1. The van der Waals surface area contributed by atoms with Gasteiger partial charge in [0.1, 0.15) is 12.7 Å². The van der Waals surface area contributed by atoms with Gasteiger partial charge >= 0.3 is 5.97 Å². The minimum absolute atomic E-state index is 0.0213. The minimum atomic E-state index is -0.820. The van der Waals surface area contributed by atoms with Gasteiger partial charge in [-0.15, -0.1) is 0 Å². The first-order valence-electron chi connectivity index (χ1n) is 7.90. The molecule has 7 nitrogen and oxygen atoms in total. The molecule has 1 atom stereocenters. The van der Waals surface area contributed by atoms with Crippen LogP contribution in [0.5, 0.6) is 11.5 Å². The van der Waals surface area contributed by atoms with Crippen LogP contribution in [0.15, 0.2) is 36.7 Å². The van der Waals surface area contributed by atoms with E-state index in [1.54, 1.807) is 10.9 Å². The molecule has 0 radical (unpaired) electrons. The summed E-state index contributed by atoms with van der Waals surface area (Å²) in [5.41, 5.74) is 1.04. The van der Waals surface area contributed by atoms with E-state index < -0.39 is 5.97 Å². The van der Waals surface area contributed by atoms with Crippen LogP contribution in [-0.2, 0) is 17.9 Å². The second kappa shape index (κ2) is 7.35. The first-order valence-corrected chi connectivity index (χ1v) is 7.90. The van der Waals surface area contributed by atoms with E-state index in [9.17, 15) is 4.79 Å². The van der Waals surface area contributed by atoms with E-state index in [4.69, 9.17) is 14.6 Å². The molecule has 0 saturated heterocycles. The van der Waals surface area contributed by atoms with Crippen LogP contribution >= 0.6 is 0 Å². The van der Waals surface area contributed by atoms with Crippen molar-refractivity contribution in [1.29, 1.82) is 0 Å². The van der Waals surface area contributed by atoms with E-state index in [0.29, 0.717) is 19.7 Å². The maximum atomic E-state index is 10.6. The van der Waals surface area contributed by atoms with E-state index in [1.807, 2.05) is 37.5 Å². The molecule has 2 heterocycles. The normalized spacial score (nSPS) is 16.3. The lowest BCUT2D eigenvalue weighted by atomic mass is 10.2. The highest BCUT2D eigenvalue weighted by Gasteiger charge is 2.22. The average Bonchev–Trinajstić information content (AvgIpc) is 3.00. The van der Waals surface area contributed by atoms with Crippen LogP contribution in [0.4, 0.5) is 0 Å². The summed E-state index contributed by atoms with van der Waals surface area (Å²) < 4.78 is 13.3. The summed E-state index contributed by atoms with van der Waals surface area (Å²) in [6, 6.07) is 7.67. The van der Waals surface area contributed by atoms with Gasteiger partial charge in [0.25, 0.3) is 0 Å². The van der Waals surface area contributed by atoms with Crippen LogP contribution in [-0.4, -0.2) is 52.1 Å². The molecule has 3 rings (SSSR count). The lowest BCUT2D eigenvalue weighted by molar-refractivity contribution is -0.137. The van der Waals surface area contributed by atoms with Crippen LogP contribution in [0.1, 0.15) is 12.0 Å². The van der Waals surface area contributed by atoms with Crippen molar-refractivity contribution in [1.82, 2.24) is 14.7 Å². The number of likely N-dealkylation sites (N-methyl/N-ethyl adjacent to an activating group) is 1. The van der Waals surface area contributed by atoms with Gasteiger partial charge in [0.05, 0.1) is 19.2 Å². The Morgan fingerprint density at radius 1 is 1.42 bits per heavy atom. The Kier molecular flexibility index (Phi) is 5.00. The first-order chi connectivity index (χ1) is 11.6. The molecule has 0 bridgehead atoms. The third-order valence-electron chi connectivity index (χ3n) is 3.78.